The fourth-order valence-electron chi connectivity index (χ4n) is 13.5. The van der Waals surface area contributed by atoms with Crippen molar-refractivity contribution in [3.8, 4) is 0 Å². The number of aliphatic hydroxyl groups excluding tert-OH is 5. The highest BCUT2D eigenvalue weighted by Crippen LogP contribution is 2.24. The molecule has 11 heteroatoms. The van der Waals surface area contributed by atoms with E-state index in [1.54, 1.807) is 6.08 Å². The summed E-state index contributed by atoms with van der Waals surface area (Å²) >= 11 is 0. The molecule has 0 bridgehead atoms. The van der Waals surface area contributed by atoms with E-state index in [-0.39, 0.29) is 18.5 Å². The van der Waals surface area contributed by atoms with Gasteiger partial charge < -0.3 is 45.1 Å². The number of unbranched alkanes of at least 4 members (excludes halogenated alkanes) is 57. The third-order valence-corrected chi connectivity index (χ3v) is 20.0. The number of aliphatic hydroxyl groups is 5. The first kappa shape index (κ1) is 90.9. The van der Waals surface area contributed by atoms with Crippen LogP contribution in [0, 0.1) is 0 Å². The zero-order valence-electron chi connectivity index (χ0n) is 62.7. The average molecular weight is 1340 g/mol. The lowest BCUT2D eigenvalue weighted by atomic mass is 9.99. The molecule has 0 spiro atoms. The molecule has 0 saturated carbocycles. The van der Waals surface area contributed by atoms with Gasteiger partial charge in [-0.25, -0.2) is 0 Å². The van der Waals surface area contributed by atoms with Crippen molar-refractivity contribution in [3.63, 3.8) is 0 Å². The Morgan fingerprint density at radius 2 is 0.684 bits per heavy atom. The summed E-state index contributed by atoms with van der Waals surface area (Å²) in [7, 11) is 0. The summed E-state index contributed by atoms with van der Waals surface area (Å²) in [6, 6.07) is -0.830. The summed E-state index contributed by atoms with van der Waals surface area (Å²) in [6.45, 7) is 4.36. The van der Waals surface area contributed by atoms with Gasteiger partial charge in [-0.05, 0) is 57.8 Å². The molecular formula is C84H159NO10. The molecule has 0 aromatic heterocycles. The number of hydrogen-bond donors (Lipinski definition) is 6. The van der Waals surface area contributed by atoms with Gasteiger partial charge in [-0.2, -0.15) is 0 Å². The molecular weight excluding hydrogens is 1180 g/mol. The second-order valence-corrected chi connectivity index (χ2v) is 29.2. The molecule has 6 N–H and O–H groups in total. The number of nitrogens with one attached hydrogen (secondary N) is 1. The van der Waals surface area contributed by atoms with Gasteiger partial charge in [0.15, 0.2) is 6.29 Å². The minimum atomic E-state index is -1.58. The van der Waals surface area contributed by atoms with Gasteiger partial charge in [-0.1, -0.05) is 391 Å². The Hall–Kier alpha value is -2.12. The number of esters is 1. The van der Waals surface area contributed by atoms with Crippen LogP contribution in [0.1, 0.15) is 425 Å². The van der Waals surface area contributed by atoms with Crippen LogP contribution in [0.25, 0.3) is 0 Å². The third kappa shape index (κ3) is 61.5. The highest BCUT2D eigenvalue weighted by Gasteiger charge is 2.44. The lowest BCUT2D eigenvalue weighted by Gasteiger charge is -2.40. The van der Waals surface area contributed by atoms with Gasteiger partial charge in [0.05, 0.1) is 32.0 Å². The van der Waals surface area contributed by atoms with Crippen molar-refractivity contribution in [1.29, 1.82) is 0 Å². The van der Waals surface area contributed by atoms with Gasteiger partial charge >= 0.3 is 5.97 Å². The molecule has 7 atom stereocenters. The number of rotatable bonds is 75. The van der Waals surface area contributed by atoms with Crippen LogP contribution in [-0.4, -0.2) is 100 Å². The van der Waals surface area contributed by atoms with E-state index in [4.69, 9.17) is 14.2 Å². The zero-order chi connectivity index (χ0) is 68.6. The molecule has 1 fully saturated rings. The van der Waals surface area contributed by atoms with Crippen LogP contribution in [-0.2, 0) is 23.8 Å². The molecule has 95 heavy (non-hydrogen) atoms. The fourth-order valence-corrected chi connectivity index (χ4v) is 13.5. The van der Waals surface area contributed by atoms with E-state index in [2.05, 4.69) is 43.5 Å². The van der Waals surface area contributed by atoms with E-state index in [9.17, 15) is 35.1 Å². The van der Waals surface area contributed by atoms with E-state index in [0.717, 1.165) is 64.2 Å². The topological polar surface area (TPSA) is 175 Å². The summed E-state index contributed by atoms with van der Waals surface area (Å²) in [5.74, 6) is -0.167. The lowest BCUT2D eigenvalue weighted by Crippen LogP contribution is -2.60. The molecule has 0 aliphatic carbocycles. The number of carbonyl (C=O) groups is 2. The van der Waals surface area contributed by atoms with Gasteiger partial charge in [0.2, 0.25) is 5.91 Å². The minimum Gasteiger partial charge on any atom is -0.466 e. The SMILES string of the molecule is CCCCCC/C=C/CC/C=C/CC/C=C/C(O)C(COC1OC(CO)C(O)C(O)C1O)NC(=O)CCCCCCCCCCCCCCCCCCCCCCCCCCCCCCCCCCCCCCCCCOC(=O)CCCCCCCCCCCCCCCC. The third-order valence-electron chi connectivity index (χ3n) is 20.0. The molecule has 1 heterocycles. The second-order valence-electron chi connectivity index (χ2n) is 29.2. The predicted octanol–water partition coefficient (Wildman–Crippen LogP) is 22.9. The number of allylic oxidation sites excluding steroid dienone is 5. The minimum absolute atomic E-state index is 0.0212. The zero-order valence-corrected chi connectivity index (χ0v) is 62.7. The first-order chi connectivity index (χ1) is 46.7. The normalized spacial score (nSPS) is 17.5. The molecule has 0 radical (unpaired) electrons. The molecule has 1 rings (SSSR count). The molecule has 1 saturated heterocycles. The van der Waals surface area contributed by atoms with Gasteiger partial charge in [0.25, 0.3) is 0 Å². The van der Waals surface area contributed by atoms with E-state index in [1.807, 2.05) is 6.08 Å². The van der Waals surface area contributed by atoms with Gasteiger partial charge in [0, 0.05) is 12.8 Å². The summed E-state index contributed by atoms with van der Waals surface area (Å²) < 4.78 is 16.8. The molecule has 1 aliphatic rings. The number of ether oxygens (including phenoxy) is 3. The van der Waals surface area contributed by atoms with E-state index in [1.165, 1.54) is 334 Å². The highest BCUT2D eigenvalue weighted by molar-refractivity contribution is 5.76. The monoisotopic (exact) mass is 1340 g/mol. The average Bonchev–Trinajstić information content (AvgIpc) is 0.929. The standard InChI is InChI=1S/C84H159NO10/c1-3-5-7-9-11-13-15-17-46-50-54-58-62-66-70-77(87)76(75-94-84-83(92)82(91)81(90)78(74-86)95-84)85-79(88)71-67-63-59-55-51-47-44-42-40-38-36-34-32-30-28-26-24-22-20-19-21-23-25-27-29-31-33-35-37-39-41-43-45-49-53-57-61-65-69-73-93-80(89)72-68-64-60-56-52-48-18-16-14-12-10-8-6-4-2/h13,15,50,54,66,70,76-78,81-84,86-87,90-92H,3-12,14,16-49,51-53,55-65,67-69,71-75H2,1-2H3,(H,85,88)/b15-13+,54-50+,70-66+. The van der Waals surface area contributed by atoms with Crippen molar-refractivity contribution >= 4 is 11.9 Å². The van der Waals surface area contributed by atoms with Crippen molar-refractivity contribution in [3.05, 3.63) is 36.5 Å². The van der Waals surface area contributed by atoms with Gasteiger partial charge in [-0.15, -0.1) is 0 Å². The Balaban J connectivity index is 1.88. The molecule has 7 unspecified atom stereocenters. The van der Waals surface area contributed by atoms with Crippen molar-refractivity contribution in [2.45, 2.75) is 468 Å². The summed E-state index contributed by atoms with van der Waals surface area (Å²) in [4.78, 5) is 25.2. The van der Waals surface area contributed by atoms with E-state index in [0.29, 0.717) is 19.4 Å². The summed E-state index contributed by atoms with van der Waals surface area (Å²) in [5.41, 5.74) is 0. The van der Waals surface area contributed by atoms with Crippen LogP contribution in [0.4, 0.5) is 0 Å². The van der Waals surface area contributed by atoms with E-state index >= 15 is 0 Å². The maximum atomic E-state index is 13.1. The Labute approximate surface area is 587 Å². The molecule has 0 aromatic carbocycles. The van der Waals surface area contributed by atoms with Crippen LogP contribution < -0.4 is 5.32 Å². The van der Waals surface area contributed by atoms with Gasteiger partial charge in [-0.3, -0.25) is 9.59 Å². The maximum Gasteiger partial charge on any atom is 0.305 e. The quantitative estimate of drug-likeness (QED) is 0.0195. The highest BCUT2D eigenvalue weighted by atomic mass is 16.7. The lowest BCUT2D eigenvalue weighted by molar-refractivity contribution is -0.302. The molecule has 1 aliphatic heterocycles. The van der Waals surface area contributed by atoms with Crippen LogP contribution in [0.3, 0.4) is 0 Å². The van der Waals surface area contributed by atoms with E-state index < -0.39 is 49.5 Å². The Bertz CT molecular complexity index is 1670. The van der Waals surface area contributed by atoms with Crippen molar-refractivity contribution in [2.75, 3.05) is 19.8 Å². The van der Waals surface area contributed by atoms with Gasteiger partial charge in [0.1, 0.15) is 24.4 Å². The Morgan fingerprint density at radius 3 is 1.04 bits per heavy atom. The Kier molecular flexibility index (Phi) is 69.9. The molecule has 11 nitrogen and oxygen atoms in total. The number of carbonyl (C=O) groups excluding carboxylic acids is 2. The Morgan fingerprint density at radius 1 is 0.379 bits per heavy atom. The van der Waals surface area contributed by atoms with Crippen LogP contribution >= 0.6 is 0 Å². The van der Waals surface area contributed by atoms with Crippen molar-refractivity contribution in [2.24, 2.45) is 0 Å². The second kappa shape index (κ2) is 73.1. The molecule has 0 aromatic rings. The fraction of sp³-hybridized carbons (Fsp3) is 0.905. The molecule has 560 valence electrons. The number of amides is 1. The van der Waals surface area contributed by atoms with Crippen LogP contribution in [0.2, 0.25) is 0 Å². The predicted molar refractivity (Wildman–Crippen MR) is 403 cm³/mol. The van der Waals surface area contributed by atoms with Crippen LogP contribution in [0.5, 0.6) is 0 Å². The van der Waals surface area contributed by atoms with Crippen molar-refractivity contribution < 1.29 is 49.3 Å². The maximum absolute atomic E-state index is 13.1. The first-order valence-electron chi connectivity index (χ1n) is 41.8. The molecule has 1 amide bonds. The van der Waals surface area contributed by atoms with Crippen molar-refractivity contribution in [1.82, 2.24) is 5.32 Å². The summed E-state index contributed by atoms with van der Waals surface area (Å²) in [6.07, 6.45) is 86.3. The van der Waals surface area contributed by atoms with Crippen LogP contribution in [0.15, 0.2) is 36.5 Å². The first-order valence-corrected chi connectivity index (χ1v) is 41.8. The summed E-state index contributed by atoms with van der Waals surface area (Å²) in [5, 5.41) is 54.6. The largest absolute Gasteiger partial charge is 0.466 e. The number of hydrogen-bond acceptors (Lipinski definition) is 10. The smallest absolute Gasteiger partial charge is 0.305 e.